The van der Waals surface area contributed by atoms with E-state index in [1.165, 1.54) is 12.4 Å². The van der Waals surface area contributed by atoms with Gasteiger partial charge in [-0.3, -0.25) is 4.90 Å². The van der Waals surface area contributed by atoms with Gasteiger partial charge in [0, 0.05) is 37.1 Å². The monoisotopic (exact) mass is 388 g/mol. The number of nitrogens with two attached hydrogens (primary N) is 1. The Hall–Kier alpha value is -2.22. The second-order valence-electron chi connectivity index (χ2n) is 7.43. The fraction of sp³-hybridized carbons (Fsp3) is 0.368. The molecule has 6 nitrogen and oxygen atoms in total. The summed E-state index contributed by atoms with van der Waals surface area (Å²) in [7, 11) is 0. The molecule has 0 unspecified atom stereocenters. The van der Waals surface area contributed by atoms with Gasteiger partial charge in [-0.05, 0) is 49.6 Å². The molecule has 1 aliphatic rings. The normalized spacial score (nSPS) is 17.3. The van der Waals surface area contributed by atoms with Gasteiger partial charge in [-0.1, -0.05) is 11.6 Å². The number of likely N-dealkylation sites (tertiary alicyclic amines) is 1. The first-order valence-electron chi connectivity index (χ1n) is 8.96. The molecule has 0 amide bonds. The van der Waals surface area contributed by atoms with Crippen molar-refractivity contribution in [3.05, 3.63) is 53.2 Å². The molecule has 3 aromatic rings. The van der Waals surface area contributed by atoms with Crippen LogP contribution in [0.25, 0.3) is 5.52 Å². The van der Waals surface area contributed by atoms with E-state index in [-0.39, 0.29) is 10.6 Å². The summed E-state index contributed by atoms with van der Waals surface area (Å²) in [4.78, 5) is 6.78. The number of hydrogen-bond acceptors (Lipinski definition) is 5. The highest BCUT2D eigenvalue weighted by atomic mass is 35.5. The molecule has 1 aromatic carbocycles. The Balaban J connectivity index is 1.60. The third kappa shape index (κ3) is 3.90. The number of halogens is 2. The van der Waals surface area contributed by atoms with Crippen molar-refractivity contribution < 1.29 is 4.39 Å². The lowest BCUT2D eigenvalue weighted by Gasteiger charge is -2.36. The van der Waals surface area contributed by atoms with Crippen LogP contribution in [-0.4, -0.2) is 38.1 Å². The van der Waals surface area contributed by atoms with Crippen LogP contribution >= 0.6 is 11.6 Å². The molecule has 1 aliphatic heterocycles. The second-order valence-corrected chi connectivity index (χ2v) is 7.83. The molecule has 8 heteroatoms. The predicted molar refractivity (Wildman–Crippen MR) is 105 cm³/mol. The Morgan fingerprint density at radius 3 is 2.81 bits per heavy atom. The van der Waals surface area contributed by atoms with E-state index in [9.17, 15) is 4.39 Å². The van der Waals surface area contributed by atoms with Gasteiger partial charge >= 0.3 is 0 Å². The van der Waals surface area contributed by atoms with Crippen LogP contribution in [0.2, 0.25) is 5.02 Å². The van der Waals surface area contributed by atoms with Crippen molar-refractivity contribution in [1.82, 2.24) is 19.5 Å². The van der Waals surface area contributed by atoms with Gasteiger partial charge in [0.2, 0.25) is 0 Å². The van der Waals surface area contributed by atoms with E-state index in [0.717, 1.165) is 43.6 Å². The van der Waals surface area contributed by atoms with Crippen molar-refractivity contribution in [2.45, 2.75) is 31.8 Å². The topological polar surface area (TPSA) is 71.5 Å². The summed E-state index contributed by atoms with van der Waals surface area (Å²) in [5.74, 6) is 0.212. The SMILES string of the molecule is CC1(N)CCN(Cc2ccn3ncnc(Nc4ccc(F)c(Cl)c4)c23)CC1. The Bertz CT molecular complexity index is 960. The minimum absolute atomic E-state index is 0.0684. The Labute approximate surface area is 162 Å². The third-order valence-electron chi connectivity index (χ3n) is 5.11. The van der Waals surface area contributed by atoms with Crippen LogP contribution in [0.4, 0.5) is 15.9 Å². The van der Waals surface area contributed by atoms with Crippen molar-refractivity contribution in [3.63, 3.8) is 0 Å². The summed E-state index contributed by atoms with van der Waals surface area (Å²) in [6, 6.07) is 6.57. The molecule has 4 rings (SSSR count). The first kappa shape index (κ1) is 18.2. The van der Waals surface area contributed by atoms with Gasteiger partial charge < -0.3 is 11.1 Å². The number of hydrogen-bond donors (Lipinski definition) is 2. The van der Waals surface area contributed by atoms with Gasteiger partial charge in [0.1, 0.15) is 17.7 Å². The average molecular weight is 389 g/mol. The highest BCUT2D eigenvalue weighted by Crippen LogP contribution is 2.27. The van der Waals surface area contributed by atoms with E-state index in [1.54, 1.807) is 16.6 Å². The quantitative estimate of drug-likeness (QED) is 0.714. The molecule has 27 heavy (non-hydrogen) atoms. The van der Waals surface area contributed by atoms with Gasteiger partial charge in [-0.2, -0.15) is 5.10 Å². The molecule has 0 radical (unpaired) electrons. The van der Waals surface area contributed by atoms with Gasteiger partial charge in [0.05, 0.1) is 5.02 Å². The van der Waals surface area contributed by atoms with Crippen LogP contribution in [0, 0.1) is 5.82 Å². The number of fused-ring (bicyclic) bond motifs is 1. The molecule has 2 aromatic heterocycles. The number of nitrogens with one attached hydrogen (secondary N) is 1. The molecule has 3 N–H and O–H groups in total. The van der Waals surface area contributed by atoms with E-state index in [1.807, 2.05) is 6.20 Å². The zero-order chi connectivity index (χ0) is 19.0. The molecular formula is C19H22ClFN6. The van der Waals surface area contributed by atoms with Gasteiger partial charge in [-0.25, -0.2) is 13.9 Å². The van der Waals surface area contributed by atoms with Crippen molar-refractivity contribution in [2.24, 2.45) is 5.73 Å². The lowest BCUT2D eigenvalue weighted by atomic mass is 9.91. The summed E-state index contributed by atoms with van der Waals surface area (Å²) in [5, 5.41) is 7.59. The van der Waals surface area contributed by atoms with Crippen LogP contribution < -0.4 is 11.1 Å². The number of rotatable bonds is 4. The van der Waals surface area contributed by atoms with Crippen LogP contribution in [0.3, 0.4) is 0 Å². The van der Waals surface area contributed by atoms with E-state index in [4.69, 9.17) is 17.3 Å². The van der Waals surface area contributed by atoms with Gasteiger partial charge in [0.15, 0.2) is 5.82 Å². The number of aromatic nitrogens is 3. The molecule has 1 fully saturated rings. The molecule has 1 saturated heterocycles. The summed E-state index contributed by atoms with van der Waals surface area (Å²) in [6.07, 6.45) is 5.38. The zero-order valence-electron chi connectivity index (χ0n) is 15.1. The minimum Gasteiger partial charge on any atom is -0.338 e. The number of benzene rings is 1. The molecule has 3 heterocycles. The summed E-state index contributed by atoms with van der Waals surface area (Å²) >= 11 is 5.89. The predicted octanol–water partition coefficient (Wildman–Crippen LogP) is 3.58. The largest absolute Gasteiger partial charge is 0.338 e. The summed E-state index contributed by atoms with van der Waals surface area (Å²) in [5.41, 5.74) is 8.87. The first-order chi connectivity index (χ1) is 12.9. The Morgan fingerprint density at radius 1 is 1.30 bits per heavy atom. The molecule has 0 saturated carbocycles. The number of anilines is 2. The smallest absolute Gasteiger partial charge is 0.158 e. The van der Waals surface area contributed by atoms with E-state index < -0.39 is 5.82 Å². The first-order valence-corrected chi connectivity index (χ1v) is 9.34. The van der Waals surface area contributed by atoms with Gasteiger partial charge in [0.25, 0.3) is 0 Å². The van der Waals surface area contributed by atoms with Gasteiger partial charge in [-0.15, -0.1) is 0 Å². The molecular weight excluding hydrogens is 367 g/mol. The molecule has 142 valence electrons. The molecule has 0 atom stereocenters. The van der Waals surface area contributed by atoms with Crippen molar-refractivity contribution in [1.29, 1.82) is 0 Å². The standard InChI is InChI=1S/C19H22ClFN6/c1-19(22)5-8-26(9-6-19)11-13-4-7-27-17(13)18(23-12-24-27)25-14-2-3-16(21)15(20)10-14/h2-4,7,10,12H,5-6,8-9,11,22H2,1H3,(H,23,24,25). The second kappa shape index (κ2) is 7.07. The summed E-state index contributed by atoms with van der Waals surface area (Å²) in [6.45, 7) is 4.85. The van der Waals surface area contributed by atoms with Crippen LogP contribution in [0.15, 0.2) is 36.8 Å². The van der Waals surface area contributed by atoms with Crippen molar-refractivity contribution in [3.8, 4) is 0 Å². The number of nitrogens with zero attached hydrogens (tertiary/aromatic N) is 4. The third-order valence-corrected chi connectivity index (χ3v) is 5.40. The fourth-order valence-electron chi connectivity index (χ4n) is 3.41. The molecule has 0 bridgehead atoms. The minimum atomic E-state index is -0.449. The maximum absolute atomic E-state index is 13.4. The fourth-order valence-corrected chi connectivity index (χ4v) is 3.59. The molecule has 0 spiro atoms. The lowest BCUT2D eigenvalue weighted by Crippen LogP contribution is -2.47. The zero-order valence-corrected chi connectivity index (χ0v) is 15.9. The Kier molecular flexibility index (Phi) is 4.75. The van der Waals surface area contributed by atoms with E-state index >= 15 is 0 Å². The molecule has 0 aliphatic carbocycles. The highest BCUT2D eigenvalue weighted by molar-refractivity contribution is 6.31. The maximum atomic E-state index is 13.4. The van der Waals surface area contributed by atoms with Crippen LogP contribution in [-0.2, 0) is 6.54 Å². The van der Waals surface area contributed by atoms with Crippen LogP contribution in [0.5, 0.6) is 0 Å². The number of piperidine rings is 1. The highest BCUT2D eigenvalue weighted by Gasteiger charge is 2.26. The van der Waals surface area contributed by atoms with Crippen molar-refractivity contribution in [2.75, 3.05) is 18.4 Å². The van der Waals surface area contributed by atoms with Crippen molar-refractivity contribution >= 4 is 28.6 Å². The lowest BCUT2D eigenvalue weighted by molar-refractivity contribution is 0.165. The van der Waals surface area contributed by atoms with E-state index in [0.29, 0.717) is 11.5 Å². The Morgan fingerprint density at radius 2 is 2.07 bits per heavy atom. The maximum Gasteiger partial charge on any atom is 0.158 e. The summed E-state index contributed by atoms with van der Waals surface area (Å²) < 4.78 is 15.2. The van der Waals surface area contributed by atoms with Crippen LogP contribution in [0.1, 0.15) is 25.3 Å². The average Bonchev–Trinajstić information content (AvgIpc) is 3.04. The van der Waals surface area contributed by atoms with E-state index in [2.05, 4.69) is 33.3 Å².